The number of sulfone groups is 1. The van der Waals surface area contributed by atoms with Gasteiger partial charge in [0.25, 0.3) is 5.91 Å². The van der Waals surface area contributed by atoms with Gasteiger partial charge in [0.1, 0.15) is 0 Å². The van der Waals surface area contributed by atoms with Crippen LogP contribution in [0.5, 0.6) is 0 Å². The molecule has 0 aliphatic carbocycles. The first-order valence-electron chi connectivity index (χ1n) is 8.60. The molecule has 11 heteroatoms. The minimum Gasteiger partial charge on any atom is -0.296 e. The largest absolute Gasteiger partial charge is 0.296 e. The molecule has 0 saturated carbocycles. The summed E-state index contributed by atoms with van der Waals surface area (Å²) in [5.41, 5.74) is 1.24. The summed E-state index contributed by atoms with van der Waals surface area (Å²) in [4.78, 5) is 21.9. The molecule has 7 nitrogen and oxygen atoms in total. The number of carbonyl (C=O) groups is 1. The molecule has 0 atom stereocenters. The lowest BCUT2D eigenvalue weighted by Crippen LogP contribution is -2.12. The van der Waals surface area contributed by atoms with E-state index in [4.69, 9.17) is 23.2 Å². The van der Waals surface area contributed by atoms with Crippen molar-refractivity contribution in [2.24, 2.45) is 0 Å². The Morgan fingerprint density at radius 1 is 1.20 bits per heavy atom. The van der Waals surface area contributed by atoms with Gasteiger partial charge in [-0.1, -0.05) is 41.4 Å². The molecule has 3 heterocycles. The monoisotopic (exact) mass is 480 g/mol. The van der Waals surface area contributed by atoms with Crippen LogP contribution in [-0.2, 0) is 16.3 Å². The van der Waals surface area contributed by atoms with Gasteiger partial charge in [-0.2, -0.15) is 0 Å². The Bertz CT molecular complexity index is 1380. The van der Waals surface area contributed by atoms with Crippen molar-refractivity contribution < 1.29 is 13.2 Å². The van der Waals surface area contributed by atoms with Crippen LogP contribution in [0, 0.1) is 0 Å². The smallest absolute Gasteiger partial charge is 0.278 e. The van der Waals surface area contributed by atoms with Crippen molar-refractivity contribution in [1.82, 2.24) is 14.4 Å². The number of nitrogens with zero attached hydrogens (tertiary/aromatic N) is 3. The standard InChI is InChI=1S/C19H14Cl2N4O3S2/c1-30(27,28)19-23-16(14-7-2-3-8-25(14)19)17(26)24-18-22-10-12(29-18)9-11-5-4-6-13(20)15(11)21/h2-8,10H,9H2,1H3,(H,22,24,26). The number of carbonyl (C=O) groups excluding carboxylic acids is 1. The molecule has 30 heavy (non-hydrogen) atoms. The molecule has 1 amide bonds. The van der Waals surface area contributed by atoms with Gasteiger partial charge in [0.15, 0.2) is 10.8 Å². The molecule has 0 unspecified atom stereocenters. The van der Waals surface area contributed by atoms with Gasteiger partial charge in [0.05, 0.1) is 15.6 Å². The number of rotatable bonds is 5. The fourth-order valence-corrected chi connectivity index (χ4v) is 4.91. The summed E-state index contributed by atoms with van der Waals surface area (Å²) in [5.74, 6) is -0.546. The minimum atomic E-state index is -3.62. The molecule has 4 aromatic rings. The van der Waals surface area contributed by atoms with Crippen molar-refractivity contribution >= 4 is 60.9 Å². The van der Waals surface area contributed by atoms with Crippen LogP contribution in [0.3, 0.4) is 0 Å². The first kappa shape index (κ1) is 20.8. The summed E-state index contributed by atoms with van der Waals surface area (Å²) in [5, 5.41) is 3.81. The molecule has 1 N–H and O–H groups in total. The number of halogens is 2. The molecular formula is C19H14Cl2N4O3S2. The fraction of sp³-hybridized carbons (Fsp3) is 0.105. The Kier molecular flexibility index (Phi) is 5.54. The molecule has 0 aliphatic rings. The number of hydrogen-bond donors (Lipinski definition) is 1. The zero-order valence-corrected chi connectivity index (χ0v) is 18.6. The average Bonchev–Trinajstić information content (AvgIpc) is 3.29. The van der Waals surface area contributed by atoms with Gasteiger partial charge in [0.2, 0.25) is 15.0 Å². The summed E-state index contributed by atoms with van der Waals surface area (Å²) in [7, 11) is -3.62. The number of aromatic nitrogens is 3. The highest BCUT2D eigenvalue weighted by Crippen LogP contribution is 2.30. The van der Waals surface area contributed by atoms with E-state index >= 15 is 0 Å². The predicted octanol–water partition coefficient (Wildman–Crippen LogP) is 4.34. The number of hydrogen-bond acceptors (Lipinski definition) is 6. The lowest BCUT2D eigenvalue weighted by atomic mass is 10.1. The first-order chi connectivity index (χ1) is 14.2. The van der Waals surface area contributed by atoms with E-state index in [0.29, 0.717) is 27.1 Å². The number of thiazole rings is 1. The van der Waals surface area contributed by atoms with Crippen molar-refractivity contribution in [2.45, 2.75) is 11.6 Å². The highest BCUT2D eigenvalue weighted by molar-refractivity contribution is 7.90. The van der Waals surface area contributed by atoms with Crippen molar-refractivity contribution in [3.63, 3.8) is 0 Å². The summed E-state index contributed by atoms with van der Waals surface area (Å²) in [6.07, 6.45) is 4.75. The Balaban J connectivity index is 1.59. The maximum Gasteiger partial charge on any atom is 0.278 e. The second-order valence-electron chi connectivity index (χ2n) is 6.45. The van der Waals surface area contributed by atoms with Gasteiger partial charge in [-0.25, -0.2) is 18.4 Å². The van der Waals surface area contributed by atoms with Gasteiger partial charge in [-0.3, -0.25) is 14.5 Å². The van der Waals surface area contributed by atoms with Crippen molar-refractivity contribution in [3.8, 4) is 0 Å². The molecule has 1 aromatic carbocycles. The zero-order chi connectivity index (χ0) is 21.5. The van der Waals surface area contributed by atoms with Crippen molar-refractivity contribution in [3.05, 3.63) is 75.0 Å². The van der Waals surface area contributed by atoms with Gasteiger partial charge < -0.3 is 0 Å². The normalized spacial score (nSPS) is 11.7. The molecule has 0 bridgehead atoms. The molecule has 0 saturated heterocycles. The zero-order valence-electron chi connectivity index (χ0n) is 15.5. The molecule has 154 valence electrons. The topological polar surface area (TPSA) is 93.4 Å². The third-order valence-electron chi connectivity index (χ3n) is 4.23. The quantitative estimate of drug-likeness (QED) is 0.458. The van der Waals surface area contributed by atoms with E-state index in [9.17, 15) is 13.2 Å². The van der Waals surface area contributed by atoms with Gasteiger partial charge in [0, 0.05) is 29.9 Å². The lowest BCUT2D eigenvalue weighted by Gasteiger charge is -2.03. The van der Waals surface area contributed by atoms with Crippen molar-refractivity contribution in [2.75, 3.05) is 11.6 Å². The molecule has 3 aromatic heterocycles. The SMILES string of the molecule is CS(=O)(=O)c1nc(C(=O)Nc2ncc(Cc3cccc(Cl)c3Cl)s2)c2ccccn12. The van der Waals surface area contributed by atoms with Gasteiger partial charge >= 0.3 is 0 Å². The van der Waals surface area contributed by atoms with E-state index in [0.717, 1.165) is 16.7 Å². The number of amides is 1. The van der Waals surface area contributed by atoms with E-state index in [-0.39, 0.29) is 10.9 Å². The summed E-state index contributed by atoms with van der Waals surface area (Å²) in [6, 6.07) is 10.4. The second-order valence-corrected chi connectivity index (χ2v) is 10.3. The third kappa shape index (κ3) is 4.06. The van der Waals surface area contributed by atoms with Crippen LogP contribution in [-0.4, -0.2) is 34.9 Å². The van der Waals surface area contributed by atoms with E-state index in [1.807, 2.05) is 12.1 Å². The highest BCUT2D eigenvalue weighted by Gasteiger charge is 2.23. The summed E-state index contributed by atoms with van der Waals surface area (Å²) in [6.45, 7) is 0. The summed E-state index contributed by atoms with van der Waals surface area (Å²) < 4.78 is 25.4. The van der Waals surface area contributed by atoms with Crippen molar-refractivity contribution in [1.29, 1.82) is 0 Å². The van der Waals surface area contributed by atoms with Crippen LogP contribution in [0.4, 0.5) is 5.13 Å². The summed E-state index contributed by atoms with van der Waals surface area (Å²) >= 11 is 13.6. The molecular weight excluding hydrogens is 467 g/mol. The van der Waals surface area contributed by atoms with Crippen LogP contribution in [0.15, 0.2) is 53.9 Å². The van der Waals surface area contributed by atoms with Crippen LogP contribution in [0.2, 0.25) is 10.0 Å². The number of benzene rings is 1. The minimum absolute atomic E-state index is 0.00524. The van der Waals surface area contributed by atoms with E-state index < -0.39 is 15.7 Å². The predicted molar refractivity (Wildman–Crippen MR) is 118 cm³/mol. The van der Waals surface area contributed by atoms with Gasteiger partial charge in [-0.15, -0.1) is 11.3 Å². The van der Waals surface area contributed by atoms with Crippen LogP contribution < -0.4 is 5.32 Å². The Morgan fingerprint density at radius 3 is 2.77 bits per heavy atom. The fourth-order valence-electron chi connectivity index (χ4n) is 2.91. The number of nitrogens with one attached hydrogen (secondary N) is 1. The Hall–Kier alpha value is -2.46. The maximum atomic E-state index is 12.8. The Labute approximate surface area is 186 Å². The third-order valence-corrected chi connectivity index (χ3v) is 6.96. The van der Waals surface area contributed by atoms with Crippen LogP contribution in [0.25, 0.3) is 5.52 Å². The number of imidazole rings is 1. The van der Waals surface area contributed by atoms with E-state index in [2.05, 4.69) is 15.3 Å². The molecule has 0 spiro atoms. The second kappa shape index (κ2) is 7.99. The first-order valence-corrected chi connectivity index (χ1v) is 12.1. The van der Waals surface area contributed by atoms with Crippen LogP contribution >= 0.6 is 34.5 Å². The van der Waals surface area contributed by atoms with E-state index in [1.165, 1.54) is 15.7 Å². The molecule has 4 rings (SSSR count). The van der Waals surface area contributed by atoms with Crippen LogP contribution in [0.1, 0.15) is 20.9 Å². The number of pyridine rings is 1. The highest BCUT2D eigenvalue weighted by atomic mass is 35.5. The molecule has 0 radical (unpaired) electrons. The maximum absolute atomic E-state index is 12.8. The number of fused-ring (bicyclic) bond motifs is 1. The Morgan fingerprint density at radius 2 is 2.00 bits per heavy atom. The molecule has 0 fully saturated rings. The lowest BCUT2D eigenvalue weighted by molar-refractivity contribution is 0.102. The van der Waals surface area contributed by atoms with Gasteiger partial charge in [-0.05, 0) is 23.8 Å². The number of anilines is 1. The molecule has 0 aliphatic heterocycles. The van der Waals surface area contributed by atoms with E-state index in [1.54, 1.807) is 36.7 Å². The average molecular weight is 481 g/mol.